The van der Waals surface area contributed by atoms with Crippen LogP contribution in [-0.2, 0) is 6.54 Å². The van der Waals surface area contributed by atoms with Crippen LogP contribution in [0.15, 0.2) is 24.3 Å². The summed E-state index contributed by atoms with van der Waals surface area (Å²) in [6.45, 7) is 0.259. The van der Waals surface area contributed by atoms with Crippen molar-refractivity contribution in [1.29, 1.82) is 0 Å². The third kappa shape index (κ3) is 4.66. The number of thioether (sulfide) groups is 1. The zero-order chi connectivity index (χ0) is 13.7. The van der Waals surface area contributed by atoms with Crippen molar-refractivity contribution < 1.29 is 13.5 Å². The first-order valence-corrected chi connectivity index (χ1v) is 7.59. The van der Waals surface area contributed by atoms with E-state index in [4.69, 9.17) is 0 Å². The van der Waals surface area contributed by atoms with Crippen LogP contribution in [0.4, 0.5) is 8.78 Å². The Morgan fingerprint density at radius 1 is 1.37 bits per heavy atom. The van der Waals surface area contributed by atoms with Gasteiger partial charge < -0.3 is 10.1 Å². The molecule has 2 rings (SSSR count). The summed E-state index contributed by atoms with van der Waals surface area (Å²) in [7, 11) is 0. The number of ether oxygens (including phenoxy) is 1. The van der Waals surface area contributed by atoms with E-state index in [1.165, 1.54) is 18.6 Å². The molecule has 19 heavy (non-hydrogen) atoms. The lowest BCUT2D eigenvalue weighted by atomic mass is 10.1. The molecule has 2 unspecified atom stereocenters. The number of nitrogens with one attached hydrogen (secondary N) is 1. The average molecular weight is 287 g/mol. The lowest BCUT2D eigenvalue weighted by Crippen LogP contribution is -2.38. The Balaban J connectivity index is 1.82. The second-order valence-electron chi connectivity index (χ2n) is 4.73. The number of hydrogen-bond acceptors (Lipinski definition) is 3. The maximum atomic E-state index is 12.0. The molecule has 1 aliphatic heterocycles. The summed E-state index contributed by atoms with van der Waals surface area (Å²) in [6.07, 6.45) is 2.47. The highest BCUT2D eigenvalue weighted by Crippen LogP contribution is 2.25. The van der Waals surface area contributed by atoms with Crippen LogP contribution in [0, 0.1) is 0 Å². The Labute approximate surface area is 116 Å². The van der Waals surface area contributed by atoms with Gasteiger partial charge in [0.2, 0.25) is 0 Å². The van der Waals surface area contributed by atoms with Crippen LogP contribution in [0.3, 0.4) is 0 Å². The molecule has 0 bridgehead atoms. The summed E-state index contributed by atoms with van der Waals surface area (Å²) >= 11 is 2.00. The normalized spacial score (nSPS) is 23.6. The van der Waals surface area contributed by atoms with Crippen molar-refractivity contribution in [2.45, 2.75) is 44.2 Å². The smallest absolute Gasteiger partial charge is 0.387 e. The third-order valence-corrected chi connectivity index (χ3v) is 4.70. The van der Waals surface area contributed by atoms with Crippen LogP contribution in [0.2, 0.25) is 0 Å². The van der Waals surface area contributed by atoms with Gasteiger partial charge in [-0.15, -0.1) is 0 Å². The zero-order valence-electron chi connectivity index (χ0n) is 10.9. The van der Waals surface area contributed by atoms with E-state index in [0.717, 1.165) is 12.1 Å². The Bertz CT molecular complexity index is 386. The first-order valence-electron chi connectivity index (χ1n) is 6.54. The van der Waals surface area contributed by atoms with Gasteiger partial charge in [-0.25, -0.2) is 0 Å². The molecule has 1 fully saturated rings. The molecule has 1 aliphatic rings. The van der Waals surface area contributed by atoms with Gasteiger partial charge in [-0.1, -0.05) is 19.1 Å². The molecule has 0 spiro atoms. The summed E-state index contributed by atoms with van der Waals surface area (Å²) in [4.78, 5) is 0. The van der Waals surface area contributed by atoms with Gasteiger partial charge in [0.15, 0.2) is 0 Å². The molecule has 2 nitrogen and oxygen atoms in total. The topological polar surface area (TPSA) is 21.3 Å². The highest BCUT2D eigenvalue weighted by Gasteiger charge is 2.20. The van der Waals surface area contributed by atoms with Gasteiger partial charge in [-0.2, -0.15) is 20.5 Å². The number of halogens is 2. The second-order valence-corrected chi connectivity index (χ2v) is 6.21. The lowest BCUT2D eigenvalue weighted by Gasteiger charge is -2.29. The van der Waals surface area contributed by atoms with Crippen molar-refractivity contribution >= 4 is 11.8 Å². The number of benzene rings is 1. The Morgan fingerprint density at radius 2 is 2.11 bits per heavy atom. The van der Waals surface area contributed by atoms with Gasteiger partial charge in [-0.05, 0) is 36.3 Å². The molecule has 0 amide bonds. The van der Waals surface area contributed by atoms with Crippen LogP contribution in [-0.4, -0.2) is 23.7 Å². The molecule has 5 heteroatoms. The van der Waals surface area contributed by atoms with Crippen LogP contribution in [0.1, 0.15) is 25.3 Å². The summed E-state index contributed by atoms with van der Waals surface area (Å²) in [5.74, 6) is 1.46. The molecule has 1 saturated heterocycles. The summed E-state index contributed by atoms with van der Waals surface area (Å²) in [6, 6.07) is 7.36. The fraction of sp³-hybridized carbons (Fsp3) is 0.571. The van der Waals surface area contributed by atoms with E-state index in [1.807, 2.05) is 23.9 Å². The number of alkyl halides is 2. The Morgan fingerprint density at radius 3 is 2.74 bits per heavy atom. The van der Waals surface area contributed by atoms with Crippen molar-refractivity contribution in [3.8, 4) is 5.75 Å². The molecule has 0 aromatic heterocycles. The Hall–Kier alpha value is -0.810. The minimum Gasteiger partial charge on any atom is -0.435 e. The van der Waals surface area contributed by atoms with E-state index in [2.05, 4.69) is 17.0 Å². The van der Waals surface area contributed by atoms with Gasteiger partial charge in [0.05, 0.1) is 0 Å². The summed E-state index contributed by atoms with van der Waals surface area (Å²) in [5.41, 5.74) is 1.09. The lowest BCUT2D eigenvalue weighted by molar-refractivity contribution is -0.0498. The maximum absolute atomic E-state index is 12.0. The predicted octanol–water partition coefficient (Wildman–Crippen LogP) is 3.66. The fourth-order valence-electron chi connectivity index (χ4n) is 2.23. The van der Waals surface area contributed by atoms with Crippen LogP contribution in [0.25, 0.3) is 0 Å². The van der Waals surface area contributed by atoms with Crippen molar-refractivity contribution in [1.82, 2.24) is 5.32 Å². The van der Waals surface area contributed by atoms with Crippen molar-refractivity contribution in [2.24, 2.45) is 0 Å². The monoisotopic (exact) mass is 287 g/mol. The standard InChI is InChI=1S/C14H19F2NOS/c1-10-13(3-2-8-19-10)17-9-11-4-6-12(7-5-11)18-14(15)16/h4-7,10,13-14,17H,2-3,8-9H2,1H3. The predicted molar refractivity (Wildman–Crippen MR) is 74.9 cm³/mol. The minimum atomic E-state index is -2.76. The quantitative estimate of drug-likeness (QED) is 0.893. The molecule has 2 atom stereocenters. The van der Waals surface area contributed by atoms with E-state index in [1.54, 1.807) is 12.1 Å². The first-order chi connectivity index (χ1) is 9.15. The molecular formula is C14H19F2NOS. The molecular weight excluding hydrogens is 268 g/mol. The highest BCUT2D eigenvalue weighted by molar-refractivity contribution is 7.99. The first kappa shape index (κ1) is 14.6. The third-order valence-electron chi connectivity index (χ3n) is 3.32. The van der Waals surface area contributed by atoms with E-state index in [0.29, 0.717) is 11.3 Å². The van der Waals surface area contributed by atoms with Gasteiger partial charge in [0, 0.05) is 17.8 Å². The molecule has 0 aliphatic carbocycles. The summed E-state index contributed by atoms with van der Waals surface area (Å²) < 4.78 is 28.4. The Kier molecular flexibility index (Phi) is 5.45. The molecule has 1 aromatic carbocycles. The van der Waals surface area contributed by atoms with Crippen LogP contribution < -0.4 is 10.1 Å². The zero-order valence-corrected chi connectivity index (χ0v) is 11.8. The second kappa shape index (κ2) is 7.10. The van der Waals surface area contributed by atoms with Gasteiger partial charge >= 0.3 is 6.61 Å². The maximum Gasteiger partial charge on any atom is 0.387 e. The van der Waals surface area contributed by atoms with Crippen LogP contribution in [0.5, 0.6) is 5.75 Å². The molecule has 0 saturated carbocycles. The van der Waals surface area contributed by atoms with Crippen LogP contribution >= 0.6 is 11.8 Å². The summed E-state index contributed by atoms with van der Waals surface area (Å²) in [5, 5.41) is 4.17. The number of rotatable bonds is 5. The highest BCUT2D eigenvalue weighted by atomic mass is 32.2. The van der Waals surface area contributed by atoms with E-state index < -0.39 is 6.61 Å². The largest absolute Gasteiger partial charge is 0.435 e. The van der Waals surface area contributed by atoms with E-state index >= 15 is 0 Å². The van der Waals surface area contributed by atoms with Crippen molar-refractivity contribution in [3.05, 3.63) is 29.8 Å². The minimum absolute atomic E-state index is 0.209. The molecule has 1 heterocycles. The van der Waals surface area contributed by atoms with Gasteiger partial charge in [0.1, 0.15) is 5.75 Å². The van der Waals surface area contributed by atoms with E-state index in [9.17, 15) is 8.78 Å². The van der Waals surface area contributed by atoms with Gasteiger partial charge in [0.25, 0.3) is 0 Å². The molecule has 0 radical (unpaired) electrons. The number of hydrogen-bond donors (Lipinski definition) is 1. The average Bonchev–Trinajstić information content (AvgIpc) is 2.39. The molecule has 1 aromatic rings. The fourth-order valence-corrected chi connectivity index (χ4v) is 3.40. The van der Waals surface area contributed by atoms with Crippen molar-refractivity contribution in [2.75, 3.05) is 5.75 Å². The molecule has 106 valence electrons. The van der Waals surface area contributed by atoms with Crippen molar-refractivity contribution in [3.63, 3.8) is 0 Å². The SMILES string of the molecule is CC1SCCCC1NCc1ccc(OC(F)F)cc1. The van der Waals surface area contributed by atoms with Gasteiger partial charge in [-0.3, -0.25) is 0 Å². The van der Waals surface area contributed by atoms with E-state index in [-0.39, 0.29) is 5.75 Å². The molecule has 1 N–H and O–H groups in total.